The zero-order valence-corrected chi connectivity index (χ0v) is 16.7. The molecule has 1 aliphatic heterocycles. The molecule has 0 saturated heterocycles. The number of hydrogen-bond donors (Lipinski definition) is 1. The van der Waals surface area contributed by atoms with Crippen molar-refractivity contribution in [1.29, 1.82) is 5.26 Å². The highest BCUT2D eigenvalue weighted by atomic mass is 35.5. The van der Waals surface area contributed by atoms with E-state index >= 15 is 0 Å². The summed E-state index contributed by atoms with van der Waals surface area (Å²) in [6.45, 7) is 2.11. The Morgan fingerprint density at radius 3 is 2.75 bits per heavy atom. The molecule has 4 atom stereocenters. The van der Waals surface area contributed by atoms with E-state index in [2.05, 4.69) is 11.1 Å². The molecule has 1 aromatic rings. The lowest BCUT2D eigenvalue weighted by Gasteiger charge is -2.47. The summed E-state index contributed by atoms with van der Waals surface area (Å²) in [5.74, 6) is -2.64. The van der Waals surface area contributed by atoms with Crippen molar-refractivity contribution in [2.45, 2.75) is 44.6 Å². The van der Waals surface area contributed by atoms with Crippen molar-refractivity contribution in [2.75, 3.05) is 13.7 Å². The molecule has 1 saturated carbocycles. The van der Waals surface area contributed by atoms with Gasteiger partial charge in [-0.05, 0) is 43.4 Å². The van der Waals surface area contributed by atoms with Gasteiger partial charge in [-0.25, -0.2) is 4.39 Å². The van der Waals surface area contributed by atoms with Gasteiger partial charge in [0.15, 0.2) is 0 Å². The molecule has 28 heavy (non-hydrogen) atoms. The molecule has 1 N–H and O–H groups in total. The highest BCUT2D eigenvalue weighted by Gasteiger charge is 2.59. The number of nitrogens with zero attached hydrogens (tertiary/aromatic N) is 2. The Bertz CT molecular complexity index is 833. The Morgan fingerprint density at radius 1 is 1.50 bits per heavy atom. The third kappa shape index (κ3) is 3.66. The number of hydrogen-bond acceptors (Lipinski definition) is 4. The molecule has 5 nitrogen and oxygen atoms in total. The molecule has 0 aromatic heterocycles. The Balaban J connectivity index is 2.23. The van der Waals surface area contributed by atoms with E-state index in [0.717, 1.165) is 12.8 Å². The summed E-state index contributed by atoms with van der Waals surface area (Å²) in [4.78, 5) is 17.5. The molecule has 4 unspecified atom stereocenters. The molecular formula is C21H24ClFN2O3. The number of aliphatic imine (C=N–C) groups is 1. The molecule has 150 valence electrons. The summed E-state index contributed by atoms with van der Waals surface area (Å²) >= 11 is 6.36. The summed E-state index contributed by atoms with van der Waals surface area (Å²) in [7, 11) is 1.56. The maximum Gasteiger partial charge on any atom is 0.312 e. The molecule has 0 radical (unpaired) electrons. The Labute approximate surface area is 169 Å². The first-order valence-electron chi connectivity index (χ1n) is 9.46. The normalized spacial score (nSPS) is 29.8. The summed E-state index contributed by atoms with van der Waals surface area (Å²) in [5, 5.41) is 20.5. The van der Waals surface area contributed by atoms with Crippen molar-refractivity contribution < 1.29 is 19.0 Å². The lowest BCUT2D eigenvalue weighted by molar-refractivity contribution is -0.154. The van der Waals surface area contributed by atoms with Crippen LogP contribution in [0.1, 0.15) is 44.1 Å². The minimum atomic E-state index is -1.29. The summed E-state index contributed by atoms with van der Waals surface area (Å²) in [5.41, 5.74) is -0.211. The van der Waals surface area contributed by atoms with Crippen LogP contribution in [-0.2, 0) is 9.53 Å². The summed E-state index contributed by atoms with van der Waals surface area (Å²) < 4.78 is 18.9. The minimum absolute atomic E-state index is 0.145. The number of methoxy groups -OCH3 is 1. The lowest BCUT2D eigenvalue weighted by Crippen LogP contribution is -2.53. The van der Waals surface area contributed by atoms with E-state index < -0.39 is 35.1 Å². The molecule has 1 aliphatic carbocycles. The van der Waals surface area contributed by atoms with Crippen LogP contribution in [0, 0.1) is 34.4 Å². The SMILES string of the molecule is COCCC1N=C(C)C(C#N)C(c2ccc(F)cc2Cl)C1(CC1CC1)C(=O)O. The van der Waals surface area contributed by atoms with Crippen LogP contribution < -0.4 is 0 Å². The van der Waals surface area contributed by atoms with E-state index in [1.54, 1.807) is 14.0 Å². The zero-order chi connectivity index (χ0) is 20.5. The summed E-state index contributed by atoms with van der Waals surface area (Å²) in [6.07, 6.45) is 2.79. The van der Waals surface area contributed by atoms with Crippen molar-refractivity contribution >= 4 is 23.3 Å². The van der Waals surface area contributed by atoms with Gasteiger partial charge >= 0.3 is 5.97 Å². The van der Waals surface area contributed by atoms with Gasteiger partial charge in [-0.15, -0.1) is 0 Å². The second-order valence-corrected chi connectivity index (χ2v) is 8.22. The first kappa shape index (κ1) is 20.8. The Hall–Kier alpha value is -1.97. The first-order chi connectivity index (χ1) is 13.3. The van der Waals surface area contributed by atoms with E-state index in [0.29, 0.717) is 30.7 Å². The molecule has 1 aromatic carbocycles. The van der Waals surface area contributed by atoms with E-state index in [9.17, 15) is 19.6 Å². The van der Waals surface area contributed by atoms with Gasteiger partial charge in [-0.3, -0.25) is 9.79 Å². The first-order valence-corrected chi connectivity index (χ1v) is 9.84. The molecule has 0 amide bonds. The van der Waals surface area contributed by atoms with Gasteiger partial charge in [0, 0.05) is 30.4 Å². The highest BCUT2D eigenvalue weighted by molar-refractivity contribution is 6.31. The van der Waals surface area contributed by atoms with Gasteiger partial charge in [-0.1, -0.05) is 30.5 Å². The quantitative estimate of drug-likeness (QED) is 0.724. The van der Waals surface area contributed by atoms with Crippen LogP contribution in [0.15, 0.2) is 23.2 Å². The predicted molar refractivity (Wildman–Crippen MR) is 104 cm³/mol. The number of ether oxygens (including phenoxy) is 1. The lowest BCUT2D eigenvalue weighted by atomic mass is 9.57. The van der Waals surface area contributed by atoms with Crippen molar-refractivity contribution in [3.63, 3.8) is 0 Å². The van der Waals surface area contributed by atoms with E-state index in [4.69, 9.17) is 16.3 Å². The van der Waals surface area contributed by atoms with Gasteiger partial charge in [0.05, 0.1) is 23.4 Å². The second kappa shape index (κ2) is 8.18. The third-order valence-electron chi connectivity index (χ3n) is 6.05. The number of carboxylic acids is 1. The van der Waals surface area contributed by atoms with Crippen molar-refractivity contribution in [3.8, 4) is 6.07 Å². The highest BCUT2D eigenvalue weighted by Crippen LogP contribution is 2.57. The van der Waals surface area contributed by atoms with Crippen molar-refractivity contribution in [2.24, 2.45) is 22.2 Å². The maximum absolute atomic E-state index is 13.7. The van der Waals surface area contributed by atoms with Crippen molar-refractivity contribution in [1.82, 2.24) is 0 Å². The fourth-order valence-electron chi connectivity index (χ4n) is 4.54. The van der Waals surface area contributed by atoms with Crippen LogP contribution in [0.3, 0.4) is 0 Å². The summed E-state index contributed by atoms with van der Waals surface area (Å²) in [6, 6.07) is 5.67. The third-order valence-corrected chi connectivity index (χ3v) is 6.37. The van der Waals surface area contributed by atoms with Gasteiger partial charge in [0.1, 0.15) is 5.82 Å². The molecule has 2 aliphatic rings. The minimum Gasteiger partial charge on any atom is -0.481 e. The molecule has 7 heteroatoms. The largest absolute Gasteiger partial charge is 0.481 e. The Morgan fingerprint density at radius 2 is 2.21 bits per heavy atom. The molecule has 1 heterocycles. The van der Waals surface area contributed by atoms with E-state index in [-0.39, 0.29) is 10.9 Å². The Kier molecular flexibility index (Phi) is 6.07. The van der Waals surface area contributed by atoms with Gasteiger partial charge in [-0.2, -0.15) is 5.26 Å². The second-order valence-electron chi connectivity index (χ2n) is 7.81. The van der Waals surface area contributed by atoms with Crippen LogP contribution in [0.4, 0.5) is 4.39 Å². The number of carbonyl (C=O) groups is 1. The molecule has 0 bridgehead atoms. The van der Waals surface area contributed by atoms with Crippen LogP contribution in [-0.4, -0.2) is 36.5 Å². The van der Waals surface area contributed by atoms with Gasteiger partial charge in [0.25, 0.3) is 0 Å². The average Bonchev–Trinajstić information content (AvgIpc) is 3.45. The number of rotatable bonds is 7. The molecule has 0 spiro atoms. The van der Waals surface area contributed by atoms with Crippen LogP contribution in [0.2, 0.25) is 5.02 Å². The van der Waals surface area contributed by atoms with Gasteiger partial charge in [0.2, 0.25) is 0 Å². The topological polar surface area (TPSA) is 82.7 Å². The number of aliphatic carboxylic acids is 1. The maximum atomic E-state index is 13.7. The number of nitriles is 1. The monoisotopic (exact) mass is 406 g/mol. The van der Waals surface area contributed by atoms with Crippen molar-refractivity contribution in [3.05, 3.63) is 34.6 Å². The number of carboxylic acid groups (broad SMARTS) is 1. The molecule has 1 fully saturated rings. The fraction of sp³-hybridized carbons (Fsp3) is 0.571. The number of benzene rings is 1. The molecular weight excluding hydrogens is 383 g/mol. The predicted octanol–water partition coefficient (Wildman–Crippen LogP) is 4.45. The smallest absolute Gasteiger partial charge is 0.312 e. The average molecular weight is 407 g/mol. The zero-order valence-electron chi connectivity index (χ0n) is 16.0. The standard InChI is InChI=1S/C21H24ClFN2O3/c1-12-16(11-24)19(15-6-5-14(23)9-17(15)22)21(20(26)27,10-13-3-4-13)18(25-12)7-8-28-2/h5-6,9,13,16,18-19H,3-4,7-8,10H2,1-2H3,(H,26,27). The van der Waals surface area contributed by atoms with E-state index in [1.165, 1.54) is 18.2 Å². The van der Waals surface area contributed by atoms with Crippen LogP contribution in [0.25, 0.3) is 0 Å². The number of halogens is 2. The van der Waals surface area contributed by atoms with Crippen LogP contribution >= 0.6 is 11.6 Å². The fourth-order valence-corrected chi connectivity index (χ4v) is 4.83. The molecule has 3 rings (SSSR count). The van der Waals surface area contributed by atoms with Gasteiger partial charge < -0.3 is 9.84 Å². The van der Waals surface area contributed by atoms with Crippen LogP contribution in [0.5, 0.6) is 0 Å². The van der Waals surface area contributed by atoms with E-state index in [1.807, 2.05) is 0 Å².